The molecule has 1 aromatic carbocycles. The van der Waals surface area contributed by atoms with E-state index in [2.05, 4.69) is 10.6 Å². The Morgan fingerprint density at radius 1 is 1.43 bits per heavy atom. The third kappa shape index (κ3) is 4.59. The molecule has 128 valence electrons. The van der Waals surface area contributed by atoms with Crippen LogP contribution < -0.4 is 10.6 Å². The Labute approximate surface area is 147 Å². The first-order valence-electron chi connectivity index (χ1n) is 8.09. The van der Waals surface area contributed by atoms with E-state index >= 15 is 0 Å². The first-order valence-corrected chi connectivity index (χ1v) is 8.47. The van der Waals surface area contributed by atoms with Gasteiger partial charge < -0.3 is 10.6 Å². The van der Waals surface area contributed by atoms with Crippen LogP contribution in [0.4, 0.5) is 4.39 Å². The lowest BCUT2D eigenvalue weighted by Crippen LogP contribution is -2.33. The summed E-state index contributed by atoms with van der Waals surface area (Å²) in [6.07, 6.45) is 4.16. The number of hydrogen-bond acceptors (Lipinski definition) is 2. The van der Waals surface area contributed by atoms with Gasteiger partial charge in [-0.2, -0.15) is 0 Å². The highest BCUT2D eigenvalue weighted by Gasteiger charge is 2.46. The first-order chi connectivity index (χ1) is 10.7. The second kappa shape index (κ2) is 8.32. The van der Waals surface area contributed by atoms with E-state index in [9.17, 15) is 9.18 Å². The topological polar surface area (TPSA) is 41.1 Å². The standard InChI is InChI=1S/C17H22ClFN2O.ClH/c18-14-4-1-5-15(19)16(14)12-9-13(12)17(22)21-8-6-11-3-2-7-20-10-11;/h1,4-5,11-13,20H,2-3,6-10H2,(H,21,22);1H. The lowest BCUT2D eigenvalue weighted by Gasteiger charge is -2.22. The van der Waals surface area contributed by atoms with Crippen molar-refractivity contribution >= 4 is 29.9 Å². The number of hydrogen-bond donors (Lipinski definition) is 2. The van der Waals surface area contributed by atoms with Crippen molar-refractivity contribution in [3.63, 3.8) is 0 Å². The van der Waals surface area contributed by atoms with E-state index in [4.69, 9.17) is 11.6 Å². The van der Waals surface area contributed by atoms with E-state index in [1.807, 2.05) is 0 Å². The number of benzene rings is 1. The number of amides is 1. The average Bonchev–Trinajstić information content (AvgIpc) is 3.28. The van der Waals surface area contributed by atoms with E-state index < -0.39 is 0 Å². The highest BCUT2D eigenvalue weighted by molar-refractivity contribution is 6.31. The molecule has 0 bridgehead atoms. The van der Waals surface area contributed by atoms with Crippen molar-refractivity contribution in [3.8, 4) is 0 Å². The predicted octanol–water partition coefficient (Wildman–Crippen LogP) is 3.51. The van der Waals surface area contributed by atoms with Crippen LogP contribution in [0, 0.1) is 17.7 Å². The Kier molecular flexibility index (Phi) is 6.69. The van der Waals surface area contributed by atoms with Gasteiger partial charge in [0.25, 0.3) is 0 Å². The van der Waals surface area contributed by atoms with Gasteiger partial charge in [0.2, 0.25) is 5.91 Å². The molecule has 2 aliphatic rings. The van der Waals surface area contributed by atoms with Crippen LogP contribution in [0.3, 0.4) is 0 Å². The van der Waals surface area contributed by atoms with Gasteiger partial charge in [-0.25, -0.2) is 4.39 Å². The summed E-state index contributed by atoms with van der Waals surface area (Å²) in [7, 11) is 0. The van der Waals surface area contributed by atoms with E-state index in [-0.39, 0.29) is 36.0 Å². The maximum absolute atomic E-state index is 13.8. The van der Waals surface area contributed by atoms with E-state index in [1.165, 1.54) is 18.9 Å². The number of rotatable bonds is 5. The zero-order valence-electron chi connectivity index (χ0n) is 13.0. The number of nitrogens with one attached hydrogen (secondary N) is 2. The molecule has 1 amide bonds. The zero-order chi connectivity index (χ0) is 15.5. The molecule has 2 fully saturated rings. The van der Waals surface area contributed by atoms with Gasteiger partial charge in [-0.05, 0) is 56.8 Å². The van der Waals surface area contributed by atoms with Gasteiger partial charge in [0.1, 0.15) is 5.82 Å². The van der Waals surface area contributed by atoms with Crippen LogP contribution in [-0.4, -0.2) is 25.5 Å². The minimum Gasteiger partial charge on any atom is -0.356 e. The molecule has 1 aliphatic carbocycles. The van der Waals surface area contributed by atoms with Crippen molar-refractivity contribution < 1.29 is 9.18 Å². The summed E-state index contributed by atoms with van der Waals surface area (Å²) in [4.78, 5) is 12.2. The second-order valence-corrected chi connectivity index (χ2v) is 6.78. The summed E-state index contributed by atoms with van der Waals surface area (Å²) in [5.41, 5.74) is 0.501. The van der Waals surface area contributed by atoms with Gasteiger partial charge in [0, 0.05) is 29.0 Å². The van der Waals surface area contributed by atoms with Gasteiger partial charge in [-0.15, -0.1) is 12.4 Å². The highest BCUT2D eigenvalue weighted by Crippen LogP contribution is 2.50. The molecule has 0 radical (unpaired) electrons. The lowest BCUT2D eigenvalue weighted by atomic mass is 9.96. The van der Waals surface area contributed by atoms with Crippen molar-refractivity contribution in [2.45, 2.75) is 31.6 Å². The van der Waals surface area contributed by atoms with Gasteiger partial charge in [0.05, 0.1) is 0 Å². The van der Waals surface area contributed by atoms with Crippen LogP contribution in [0.1, 0.15) is 37.2 Å². The number of carbonyl (C=O) groups excluding carboxylic acids is 1. The van der Waals surface area contributed by atoms with Gasteiger partial charge in [-0.3, -0.25) is 4.79 Å². The Morgan fingerprint density at radius 3 is 2.96 bits per heavy atom. The van der Waals surface area contributed by atoms with Crippen LogP contribution in [0.5, 0.6) is 0 Å². The van der Waals surface area contributed by atoms with Crippen molar-refractivity contribution in [3.05, 3.63) is 34.6 Å². The van der Waals surface area contributed by atoms with Crippen LogP contribution in [0.2, 0.25) is 5.02 Å². The van der Waals surface area contributed by atoms with Crippen molar-refractivity contribution in [1.29, 1.82) is 0 Å². The Balaban J connectivity index is 0.00000192. The number of halogens is 3. The lowest BCUT2D eigenvalue weighted by molar-refractivity contribution is -0.122. The molecule has 3 rings (SSSR count). The van der Waals surface area contributed by atoms with E-state index in [0.29, 0.717) is 29.5 Å². The molecule has 6 heteroatoms. The molecule has 1 saturated heterocycles. The molecular formula is C17H23Cl2FN2O. The molecule has 0 spiro atoms. The SMILES string of the molecule is Cl.O=C(NCCC1CCCNC1)C1CC1c1c(F)cccc1Cl. The third-order valence-corrected chi connectivity index (χ3v) is 5.08. The Hall–Kier alpha value is -0.840. The molecule has 0 aromatic heterocycles. The summed E-state index contributed by atoms with van der Waals surface area (Å²) in [6, 6.07) is 4.69. The van der Waals surface area contributed by atoms with E-state index in [1.54, 1.807) is 12.1 Å². The first kappa shape index (κ1) is 18.5. The summed E-state index contributed by atoms with van der Waals surface area (Å²) >= 11 is 6.06. The van der Waals surface area contributed by atoms with Crippen molar-refractivity contribution in [2.75, 3.05) is 19.6 Å². The molecule has 3 unspecified atom stereocenters. The maximum Gasteiger partial charge on any atom is 0.223 e. The van der Waals surface area contributed by atoms with Gasteiger partial charge in [0.15, 0.2) is 0 Å². The quantitative estimate of drug-likeness (QED) is 0.843. The summed E-state index contributed by atoms with van der Waals surface area (Å²) in [5.74, 6) is 0.197. The molecule has 1 aromatic rings. The normalized spacial score (nSPS) is 26.3. The average molecular weight is 361 g/mol. The van der Waals surface area contributed by atoms with Crippen LogP contribution in [-0.2, 0) is 4.79 Å². The molecule has 3 nitrogen and oxygen atoms in total. The number of piperidine rings is 1. The fraction of sp³-hybridized carbons (Fsp3) is 0.588. The largest absolute Gasteiger partial charge is 0.356 e. The predicted molar refractivity (Wildman–Crippen MR) is 92.7 cm³/mol. The highest BCUT2D eigenvalue weighted by atomic mass is 35.5. The fourth-order valence-corrected chi connectivity index (χ4v) is 3.67. The molecule has 2 N–H and O–H groups in total. The van der Waals surface area contributed by atoms with Crippen molar-refractivity contribution in [2.24, 2.45) is 11.8 Å². The Morgan fingerprint density at radius 2 is 2.26 bits per heavy atom. The van der Waals surface area contributed by atoms with Gasteiger partial charge >= 0.3 is 0 Å². The molecule has 23 heavy (non-hydrogen) atoms. The monoisotopic (exact) mass is 360 g/mol. The maximum atomic E-state index is 13.8. The van der Waals surface area contributed by atoms with Crippen LogP contribution in [0.25, 0.3) is 0 Å². The van der Waals surface area contributed by atoms with Crippen LogP contribution >= 0.6 is 24.0 Å². The molecule has 1 saturated carbocycles. The van der Waals surface area contributed by atoms with Crippen LogP contribution in [0.15, 0.2) is 18.2 Å². The molecule has 1 aliphatic heterocycles. The fourth-order valence-electron chi connectivity index (χ4n) is 3.37. The van der Waals surface area contributed by atoms with E-state index in [0.717, 1.165) is 19.5 Å². The van der Waals surface area contributed by atoms with Crippen molar-refractivity contribution in [1.82, 2.24) is 10.6 Å². The summed E-state index contributed by atoms with van der Waals surface area (Å²) in [5, 5.41) is 6.80. The zero-order valence-corrected chi connectivity index (χ0v) is 14.6. The minimum atomic E-state index is -0.305. The molecular weight excluding hydrogens is 338 g/mol. The smallest absolute Gasteiger partial charge is 0.223 e. The molecule has 1 heterocycles. The summed E-state index contributed by atoms with van der Waals surface area (Å²) < 4.78 is 13.8. The Bertz CT molecular complexity index is 529. The minimum absolute atomic E-state index is 0. The third-order valence-electron chi connectivity index (χ3n) is 4.75. The second-order valence-electron chi connectivity index (χ2n) is 6.38. The summed E-state index contributed by atoms with van der Waals surface area (Å²) in [6.45, 7) is 2.86. The van der Waals surface area contributed by atoms with Gasteiger partial charge in [-0.1, -0.05) is 17.7 Å². The molecule has 3 atom stereocenters. The number of carbonyl (C=O) groups is 1.